The van der Waals surface area contributed by atoms with Crippen LogP contribution in [0.5, 0.6) is 11.6 Å². The van der Waals surface area contributed by atoms with Gasteiger partial charge in [0.1, 0.15) is 5.75 Å². The molecule has 0 aliphatic carbocycles. The summed E-state index contributed by atoms with van der Waals surface area (Å²) in [4.78, 5) is 11.9. The van der Waals surface area contributed by atoms with Crippen molar-refractivity contribution in [1.29, 1.82) is 0 Å². The maximum absolute atomic E-state index is 11.9. The van der Waals surface area contributed by atoms with Crippen LogP contribution < -0.4 is 15.8 Å². The number of aryl methyl sites for hydroxylation is 1. The summed E-state index contributed by atoms with van der Waals surface area (Å²) in [5, 5.41) is 9.46. The molecule has 0 atom stereocenters. The minimum atomic E-state index is -0.204. The lowest BCUT2D eigenvalue weighted by molar-refractivity contribution is 0.0953. The van der Waals surface area contributed by atoms with Gasteiger partial charge in [0.2, 0.25) is 5.88 Å². The largest absolute Gasteiger partial charge is 0.437 e. The summed E-state index contributed by atoms with van der Waals surface area (Å²) in [5.41, 5.74) is 7.55. The fourth-order valence-corrected chi connectivity index (χ4v) is 1.62. The average molecular weight is 260 g/mol. The summed E-state index contributed by atoms with van der Waals surface area (Å²) in [6, 6.07) is 6.64. The lowest BCUT2D eigenvalue weighted by atomic mass is 10.1. The number of hydrogen-bond acceptors (Lipinski definition) is 4. The Morgan fingerprint density at radius 1 is 1.47 bits per heavy atom. The number of benzene rings is 1. The highest BCUT2D eigenvalue weighted by atomic mass is 16.5. The van der Waals surface area contributed by atoms with Crippen LogP contribution in [-0.4, -0.2) is 22.6 Å². The molecule has 0 aliphatic rings. The topological polar surface area (TPSA) is 93.0 Å². The van der Waals surface area contributed by atoms with Crippen LogP contribution in [0.25, 0.3) is 0 Å². The Bertz CT molecular complexity index is 592. The highest BCUT2D eigenvalue weighted by Gasteiger charge is 2.14. The molecule has 6 heteroatoms. The summed E-state index contributed by atoms with van der Waals surface area (Å²) < 4.78 is 5.60. The van der Waals surface area contributed by atoms with Crippen LogP contribution in [0.15, 0.2) is 24.3 Å². The summed E-state index contributed by atoms with van der Waals surface area (Å²) in [5.74, 6) is 0.579. The van der Waals surface area contributed by atoms with Crippen LogP contribution in [0.3, 0.4) is 0 Å². The first-order valence-electron chi connectivity index (χ1n) is 5.97. The monoisotopic (exact) mass is 260 g/mol. The molecular formula is C13H16N4O2. The Labute approximate surface area is 111 Å². The van der Waals surface area contributed by atoms with Gasteiger partial charge in [0, 0.05) is 30.1 Å². The van der Waals surface area contributed by atoms with Gasteiger partial charge in [0.25, 0.3) is 5.91 Å². The molecule has 0 unspecified atom stereocenters. The molecule has 100 valence electrons. The van der Waals surface area contributed by atoms with Crippen molar-refractivity contribution < 1.29 is 9.53 Å². The van der Waals surface area contributed by atoms with Crippen LogP contribution in [0.1, 0.15) is 23.0 Å². The van der Waals surface area contributed by atoms with Crippen molar-refractivity contribution in [3.05, 3.63) is 35.5 Å². The number of rotatable bonds is 4. The average Bonchev–Trinajstić information content (AvgIpc) is 2.75. The zero-order chi connectivity index (χ0) is 13.8. The molecule has 0 saturated heterocycles. The zero-order valence-corrected chi connectivity index (χ0v) is 10.9. The minimum Gasteiger partial charge on any atom is -0.437 e. The van der Waals surface area contributed by atoms with E-state index in [1.165, 1.54) is 0 Å². The van der Waals surface area contributed by atoms with E-state index in [9.17, 15) is 4.79 Å². The lowest BCUT2D eigenvalue weighted by Crippen LogP contribution is -2.23. The van der Waals surface area contributed by atoms with Crippen molar-refractivity contribution in [1.82, 2.24) is 15.5 Å². The predicted octanol–water partition coefficient (Wildman–Crippen LogP) is 1.84. The Hall–Kier alpha value is -2.50. The Balaban J connectivity index is 2.31. The molecule has 6 nitrogen and oxygen atoms in total. The molecule has 1 aromatic carbocycles. The number of carbonyl (C=O) groups is 1. The third-order valence-corrected chi connectivity index (χ3v) is 2.48. The second-order valence-corrected chi connectivity index (χ2v) is 4.11. The Kier molecular flexibility index (Phi) is 3.70. The third-order valence-electron chi connectivity index (χ3n) is 2.48. The van der Waals surface area contributed by atoms with Crippen LogP contribution in [0, 0.1) is 6.92 Å². The zero-order valence-electron chi connectivity index (χ0n) is 10.9. The van der Waals surface area contributed by atoms with Gasteiger partial charge < -0.3 is 15.8 Å². The molecule has 1 heterocycles. The van der Waals surface area contributed by atoms with Crippen molar-refractivity contribution in [2.45, 2.75) is 13.8 Å². The van der Waals surface area contributed by atoms with Crippen LogP contribution in [-0.2, 0) is 0 Å². The normalized spacial score (nSPS) is 10.2. The molecule has 0 spiro atoms. The maximum Gasteiger partial charge on any atom is 0.255 e. The van der Waals surface area contributed by atoms with E-state index in [0.717, 1.165) is 5.69 Å². The van der Waals surface area contributed by atoms with Crippen molar-refractivity contribution in [2.75, 3.05) is 12.3 Å². The van der Waals surface area contributed by atoms with E-state index in [0.29, 0.717) is 29.4 Å². The first-order valence-corrected chi connectivity index (χ1v) is 5.97. The van der Waals surface area contributed by atoms with Gasteiger partial charge in [-0.2, -0.15) is 0 Å². The summed E-state index contributed by atoms with van der Waals surface area (Å²) >= 11 is 0. The van der Waals surface area contributed by atoms with Gasteiger partial charge >= 0.3 is 0 Å². The molecule has 0 bridgehead atoms. The summed E-state index contributed by atoms with van der Waals surface area (Å²) in [7, 11) is 0. The number of anilines is 1. The van der Waals surface area contributed by atoms with Crippen molar-refractivity contribution in [2.24, 2.45) is 0 Å². The predicted molar refractivity (Wildman–Crippen MR) is 72.3 cm³/mol. The highest BCUT2D eigenvalue weighted by Crippen LogP contribution is 2.26. The van der Waals surface area contributed by atoms with E-state index >= 15 is 0 Å². The lowest BCUT2D eigenvalue weighted by Gasteiger charge is -2.09. The molecule has 4 N–H and O–H groups in total. The van der Waals surface area contributed by atoms with Gasteiger partial charge in [-0.3, -0.25) is 9.89 Å². The molecular weight excluding hydrogens is 244 g/mol. The molecule has 2 rings (SSSR count). The second-order valence-electron chi connectivity index (χ2n) is 4.11. The second kappa shape index (κ2) is 5.43. The number of H-pyrrole nitrogens is 1. The molecule has 1 aromatic heterocycles. The number of carbonyl (C=O) groups excluding carboxylic acids is 1. The number of hydrogen-bond donors (Lipinski definition) is 3. The highest BCUT2D eigenvalue weighted by molar-refractivity contribution is 5.97. The number of nitrogens with zero attached hydrogens (tertiary/aromatic N) is 1. The van der Waals surface area contributed by atoms with E-state index in [2.05, 4.69) is 15.5 Å². The van der Waals surface area contributed by atoms with E-state index in [1.807, 2.05) is 13.8 Å². The van der Waals surface area contributed by atoms with Gasteiger partial charge in [-0.05, 0) is 26.0 Å². The molecule has 0 fully saturated rings. The first-order chi connectivity index (χ1) is 9.10. The first kappa shape index (κ1) is 12.9. The number of nitrogens with two attached hydrogens (primary N) is 1. The molecule has 19 heavy (non-hydrogen) atoms. The molecule has 2 aromatic rings. The quantitative estimate of drug-likeness (QED) is 0.731. The van der Waals surface area contributed by atoms with Crippen molar-refractivity contribution in [3.63, 3.8) is 0 Å². The fraction of sp³-hybridized carbons (Fsp3) is 0.231. The van der Waals surface area contributed by atoms with E-state index < -0.39 is 0 Å². The Morgan fingerprint density at radius 3 is 2.89 bits per heavy atom. The maximum atomic E-state index is 11.9. The summed E-state index contributed by atoms with van der Waals surface area (Å²) in [6.45, 7) is 4.26. The van der Waals surface area contributed by atoms with Crippen molar-refractivity contribution in [3.8, 4) is 11.6 Å². The number of ether oxygens (including phenoxy) is 1. The smallest absolute Gasteiger partial charge is 0.255 e. The number of amides is 1. The van der Waals surface area contributed by atoms with Gasteiger partial charge in [0.05, 0.1) is 5.56 Å². The fourth-order valence-electron chi connectivity index (χ4n) is 1.62. The van der Waals surface area contributed by atoms with Gasteiger partial charge in [-0.25, -0.2) is 0 Å². The number of aromatic nitrogens is 2. The molecule has 0 saturated carbocycles. The van der Waals surface area contributed by atoms with Gasteiger partial charge in [-0.15, -0.1) is 5.10 Å². The SMILES string of the molecule is CCNC(=O)c1ccc(N)cc1Oc1cc(C)[nH]n1. The standard InChI is InChI=1S/C13H16N4O2/c1-3-15-13(18)10-5-4-9(14)7-11(10)19-12-6-8(2)16-17-12/h4-7H,3,14H2,1-2H3,(H,15,18)(H,16,17). The Morgan fingerprint density at radius 2 is 2.26 bits per heavy atom. The molecule has 0 radical (unpaired) electrons. The van der Waals surface area contributed by atoms with E-state index in [4.69, 9.17) is 10.5 Å². The molecule has 1 amide bonds. The number of nitrogens with one attached hydrogen (secondary N) is 2. The van der Waals surface area contributed by atoms with E-state index in [-0.39, 0.29) is 5.91 Å². The number of aromatic amines is 1. The van der Waals surface area contributed by atoms with Crippen LogP contribution >= 0.6 is 0 Å². The number of nitrogen functional groups attached to an aromatic ring is 1. The molecule has 0 aliphatic heterocycles. The van der Waals surface area contributed by atoms with Crippen LogP contribution in [0.2, 0.25) is 0 Å². The van der Waals surface area contributed by atoms with Crippen LogP contribution in [0.4, 0.5) is 5.69 Å². The van der Waals surface area contributed by atoms with Crippen molar-refractivity contribution >= 4 is 11.6 Å². The summed E-state index contributed by atoms with van der Waals surface area (Å²) in [6.07, 6.45) is 0. The van der Waals surface area contributed by atoms with E-state index in [1.54, 1.807) is 24.3 Å². The third kappa shape index (κ3) is 3.04. The van der Waals surface area contributed by atoms with Gasteiger partial charge in [0.15, 0.2) is 0 Å². The minimum absolute atomic E-state index is 0.204. The van der Waals surface area contributed by atoms with Gasteiger partial charge in [-0.1, -0.05) is 0 Å².